The van der Waals surface area contributed by atoms with Crippen molar-refractivity contribution in [3.05, 3.63) is 69.7 Å². The van der Waals surface area contributed by atoms with Gasteiger partial charge in [0.05, 0.1) is 30.2 Å². The highest BCUT2D eigenvalue weighted by molar-refractivity contribution is 6.28. The predicted molar refractivity (Wildman–Crippen MR) is 150 cm³/mol. The molecule has 1 aromatic heterocycles. The zero-order valence-corrected chi connectivity index (χ0v) is 22.8. The first-order valence-electron chi connectivity index (χ1n) is 12.7. The molecule has 0 atom stereocenters. The van der Waals surface area contributed by atoms with Crippen molar-refractivity contribution in [2.75, 3.05) is 51.1 Å². The van der Waals surface area contributed by atoms with Crippen LogP contribution in [0, 0.1) is 10.1 Å². The minimum Gasteiger partial charge on any atom is -0.496 e. The normalized spacial score (nSPS) is 14.9. The van der Waals surface area contributed by atoms with Crippen molar-refractivity contribution >= 4 is 40.4 Å². The first kappa shape index (κ1) is 27.3. The van der Waals surface area contributed by atoms with Crippen LogP contribution in [-0.2, 0) is 17.6 Å². The van der Waals surface area contributed by atoms with Crippen LogP contribution in [0.25, 0.3) is 0 Å². The van der Waals surface area contributed by atoms with Crippen LogP contribution in [0.1, 0.15) is 17.1 Å². The zero-order chi connectivity index (χ0) is 28.2. The third-order valence-electron chi connectivity index (χ3n) is 6.69. The fraction of sp³-hybridized carbons (Fsp3) is 0.333. The summed E-state index contributed by atoms with van der Waals surface area (Å²) in [6.45, 7) is 3.87. The van der Waals surface area contributed by atoms with Crippen molar-refractivity contribution in [1.29, 1.82) is 0 Å². The average molecular weight is 566 g/mol. The lowest BCUT2D eigenvalue weighted by Crippen LogP contribution is -2.44. The first-order chi connectivity index (χ1) is 19.3. The number of aliphatic imine (C=N–C) groups is 1. The lowest BCUT2D eigenvalue weighted by Gasteiger charge is -2.34. The molecule has 3 heterocycles. The molecule has 13 heteroatoms. The Hall–Kier alpha value is -4.29. The van der Waals surface area contributed by atoms with Crippen LogP contribution in [-0.4, -0.2) is 77.8 Å². The number of likely N-dealkylation sites (N-methyl/N-ethyl adjacent to an activating group) is 1. The molecule has 0 unspecified atom stereocenters. The van der Waals surface area contributed by atoms with Crippen LogP contribution in [0.2, 0.25) is 0 Å². The Balaban J connectivity index is 1.45. The molecule has 2 aliphatic rings. The first-order valence-corrected chi connectivity index (χ1v) is 13.2. The highest BCUT2D eigenvalue weighted by Crippen LogP contribution is 2.38. The number of hydrogen-bond acceptors (Lipinski definition) is 10. The second-order valence-electron chi connectivity index (χ2n) is 9.48. The van der Waals surface area contributed by atoms with Gasteiger partial charge in [-0.2, -0.15) is 4.98 Å². The number of hydrogen-bond donors (Lipinski definition) is 1. The van der Waals surface area contributed by atoms with E-state index in [4.69, 9.17) is 26.1 Å². The number of methoxy groups -OCH3 is 1. The summed E-state index contributed by atoms with van der Waals surface area (Å²) >= 11 is 5.64. The number of carbonyl (C=O) groups is 1. The van der Waals surface area contributed by atoms with Crippen LogP contribution in [0.3, 0.4) is 0 Å². The van der Waals surface area contributed by atoms with Gasteiger partial charge in [0, 0.05) is 56.0 Å². The maximum absolute atomic E-state index is 11.9. The van der Waals surface area contributed by atoms with Gasteiger partial charge in [-0.05, 0) is 19.2 Å². The quantitative estimate of drug-likeness (QED) is 0.247. The number of nitrogens with zero attached hydrogens (tertiary/aromatic N) is 6. The standard InChI is InChI=1S/C27H28ClN7O5/c1-33-8-10-34(11-9-33)18-7-6-17(22(14-18)39-2)12-23-29-21-15-24(30-25(36)16-28)31-26(21)27(32-23)40-20-5-3-4-19(13-20)35(37)38/h3-7,13-14H,8-12,15-16H2,1-2H3,(H,30,31,36). The third-order valence-corrected chi connectivity index (χ3v) is 6.93. The number of piperazine rings is 1. The summed E-state index contributed by atoms with van der Waals surface area (Å²) in [5, 5.41) is 13.9. The number of anilines is 1. The molecule has 0 saturated carbocycles. The van der Waals surface area contributed by atoms with Crippen molar-refractivity contribution in [1.82, 2.24) is 20.2 Å². The van der Waals surface area contributed by atoms with Gasteiger partial charge in [0.2, 0.25) is 11.8 Å². The molecule has 1 amide bonds. The molecule has 0 bridgehead atoms. The maximum Gasteiger partial charge on any atom is 0.273 e. The molecular formula is C27H28ClN7O5. The molecule has 0 spiro atoms. The smallest absolute Gasteiger partial charge is 0.273 e. The molecule has 0 radical (unpaired) electrons. The number of amidine groups is 1. The van der Waals surface area contributed by atoms with Crippen molar-refractivity contribution in [3.8, 4) is 17.4 Å². The number of ether oxygens (including phenoxy) is 2. The number of amides is 1. The zero-order valence-electron chi connectivity index (χ0n) is 22.1. The number of nitro groups is 1. The second kappa shape index (κ2) is 11.8. The van der Waals surface area contributed by atoms with E-state index in [1.54, 1.807) is 13.2 Å². The Morgan fingerprint density at radius 3 is 2.67 bits per heavy atom. The second-order valence-corrected chi connectivity index (χ2v) is 9.74. The number of benzene rings is 2. The van der Waals surface area contributed by atoms with E-state index in [9.17, 15) is 14.9 Å². The number of halogens is 1. The fourth-order valence-electron chi connectivity index (χ4n) is 4.60. The lowest BCUT2D eigenvalue weighted by molar-refractivity contribution is -0.384. The number of non-ortho nitro benzene ring substituents is 1. The molecule has 1 fully saturated rings. The van der Waals surface area contributed by atoms with Gasteiger partial charge in [-0.15, -0.1) is 11.6 Å². The van der Waals surface area contributed by atoms with Crippen molar-refractivity contribution in [3.63, 3.8) is 0 Å². The molecule has 1 N–H and O–H groups in total. The number of carbonyl (C=O) groups excluding carboxylic acids is 1. The van der Waals surface area contributed by atoms with Gasteiger partial charge in [-0.25, -0.2) is 9.98 Å². The number of nitro benzene ring substituents is 1. The van der Waals surface area contributed by atoms with Crippen molar-refractivity contribution in [2.45, 2.75) is 12.8 Å². The molecule has 5 rings (SSSR count). The summed E-state index contributed by atoms with van der Waals surface area (Å²) < 4.78 is 11.7. The Bertz CT molecular complexity index is 1470. The summed E-state index contributed by atoms with van der Waals surface area (Å²) in [7, 11) is 3.75. The van der Waals surface area contributed by atoms with Crippen LogP contribution in [0.4, 0.5) is 17.1 Å². The summed E-state index contributed by atoms with van der Waals surface area (Å²) in [6, 6.07) is 11.9. The predicted octanol–water partition coefficient (Wildman–Crippen LogP) is 3.47. The van der Waals surface area contributed by atoms with E-state index in [1.807, 2.05) is 12.1 Å². The number of fused-ring (bicyclic) bond motifs is 1. The highest BCUT2D eigenvalue weighted by atomic mass is 35.5. The molecule has 0 aliphatic carbocycles. The largest absolute Gasteiger partial charge is 0.496 e. The molecule has 208 valence electrons. The van der Waals surface area contributed by atoms with E-state index in [0.717, 1.165) is 37.4 Å². The van der Waals surface area contributed by atoms with E-state index >= 15 is 0 Å². The monoisotopic (exact) mass is 565 g/mol. The topological polar surface area (TPSA) is 135 Å². The highest BCUT2D eigenvalue weighted by Gasteiger charge is 2.26. The molecule has 2 aliphatic heterocycles. The molecule has 3 aromatic rings. The number of rotatable bonds is 8. The minimum atomic E-state index is -0.501. The van der Waals surface area contributed by atoms with Crippen molar-refractivity contribution in [2.24, 2.45) is 4.99 Å². The van der Waals surface area contributed by atoms with E-state index in [0.29, 0.717) is 35.2 Å². The Labute approximate surface area is 235 Å². The summed E-state index contributed by atoms with van der Waals surface area (Å²) in [4.78, 5) is 41.0. The molecular weight excluding hydrogens is 538 g/mol. The van der Waals surface area contributed by atoms with Crippen LogP contribution in [0.15, 0.2) is 47.5 Å². The molecule has 40 heavy (non-hydrogen) atoms. The van der Waals surface area contributed by atoms with E-state index in [1.165, 1.54) is 18.2 Å². The third kappa shape index (κ3) is 6.13. The molecule has 12 nitrogen and oxygen atoms in total. The van der Waals surface area contributed by atoms with Crippen LogP contribution in [0.5, 0.6) is 17.4 Å². The van der Waals surface area contributed by atoms with Gasteiger partial charge in [-0.3, -0.25) is 14.9 Å². The summed E-state index contributed by atoms with van der Waals surface area (Å²) in [6.07, 6.45) is 0.590. The van der Waals surface area contributed by atoms with Crippen LogP contribution < -0.4 is 19.7 Å². The number of alkyl halides is 1. The fourth-order valence-corrected chi connectivity index (χ4v) is 4.66. The van der Waals surface area contributed by atoms with E-state index in [2.05, 4.69) is 38.2 Å². The Kier molecular flexibility index (Phi) is 8.08. The van der Waals surface area contributed by atoms with Crippen LogP contribution >= 0.6 is 11.6 Å². The number of aromatic nitrogens is 2. The van der Waals surface area contributed by atoms with Gasteiger partial charge in [0.1, 0.15) is 34.7 Å². The average Bonchev–Trinajstić information content (AvgIpc) is 3.36. The Morgan fingerprint density at radius 2 is 1.95 bits per heavy atom. The SMILES string of the molecule is COc1cc(N2CCN(C)CC2)ccc1Cc1nc2c(c(Oc3cccc([N+](=O)[O-])c3)n1)N=C(NC(=O)CCl)C2. The molecule has 2 aromatic carbocycles. The van der Waals surface area contributed by atoms with Gasteiger partial charge in [-0.1, -0.05) is 12.1 Å². The summed E-state index contributed by atoms with van der Waals surface area (Å²) in [5.74, 6) is 1.27. The molecule has 1 saturated heterocycles. The lowest BCUT2D eigenvalue weighted by atomic mass is 10.1. The summed E-state index contributed by atoms with van der Waals surface area (Å²) in [5.41, 5.74) is 2.76. The van der Waals surface area contributed by atoms with Gasteiger partial charge >= 0.3 is 0 Å². The number of nitrogens with one attached hydrogen (secondary N) is 1. The van der Waals surface area contributed by atoms with Gasteiger partial charge in [0.25, 0.3) is 5.69 Å². The van der Waals surface area contributed by atoms with E-state index in [-0.39, 0.29) is 29.6 Å². The van der Waals surface area contributed by atoms with Crippen molar-refractivity contribution < 1.29 is 19.2 Å². The maximum atomic E-state index is 11.9. The van der Waals surface area contributed by atoms with Gasteiger partial charge in [0.15, 0.2) is 0 Å². The Morgan fingerprint density at radius 1 is 1.15 bits per heavy atom. The minimum absolute atomic E-state index is 0.118. The van der Waals surface area contributed by atoms with E-state index < -0.39 is 10.8 Å². The van der Waals surface area contributed by atoms with Gasteiger partial charge < -0.3 is 24.6 Å².